The first-order valence-corrected chi connectivity index (χ1v) is 10.9. The fourth-order valence-electron chi connectivity index (χ4n) is 5.71. The van der Waals surface area contributed by atoms with E-state index in [1.165, 1.54) is 43.4 Å². The van der Waals surface area contributed by atoms with Gasteiger partial charge in [-0.2, -0.15) is 0 Å². The van der Waals surface area contributed by atoms with E-state index >= 15 is 0 Å². The van der Waals surface area contributed by atoms with Crippen molar-refractivity contribution in [2.24, 2.45) is 17.6 Å². The Morgan fingerprint density at radius 1 is 1.19 bits per heavy atom. The SMILES string of the molecule is NC12CCN(CC3CC3)C(Cc3ccc(O)cc31)C2NCC1CCNCC1. The highest BCUT2D eigenvalue weighted by Crippen LogP contribution is 2.44. The lowest BCUT2D eigenvalue weighted by Crippen LogP contribution is -2.71. The minimum Gasteiger partial charge on any atom is -0.508 e. The zero-order chi connectivity index (χ0) is 18.4. The van der Waals surface area contributed by atoms with Crippen LogP contribution in [0.3, 0.4) is 0 Å². The van der Waals surface area contributed by atoms with Gasteiger partial charge in [0.25, 0.3) is 0 Å². The lowest BCUT2D eigenvalue weighted by atomic mass is 9.66. The Kier molecular flexibility index (Phi) is 4.67. The molecule has 3 unspecified atom stereocenters. The van der Waals surface area contributed by atoms with Crippen LogP contribution >= 0.6 is 0 Å². The first kappa shape index (κ1) is 17.9. The maximum Gasteiger partial charge on any atom is 0.115 e. The number of rotatable bonds is 5. The molecule has 1 aromatic rings. The molecule has 5 N–H and O–H groups in total. The van der Waals surface area contributed by atoms with Gasteiger partial charge in [-0.3, -0.25) is 4.90 Å². The highest BCUT2D eigenvalue weighted by Gasteiger charge is 2.51. The van der Waals surface area contributed by atoms with E-state index in [2.05, 4.69) is 21.6 Å². The standard InChI is InChI=1S/C22H34N4O/c23-22-7-10-26(14-16-1-2-16)20(11-17-3-4-18(27)12-19(17)22)21(22)25-13-15-5-8-24-9-6-15/h3-4,12,15-16,20-21,24-25,27H,1-2,5-11,13-14,23H2. The normalized spacial score (nSPS) is 34.4. The summed E-state index contributed by atoms with van der Waals surface area (Å²) >= 11 is 0. The van der Waals surface area contributed by atoms with Gasteiger partial charge in [0.1, 0.15) is 5.75 Å². The van der Waals surface area contributed by atoms with Gasteiger partial charge in [-0.05, 0) is 93.3 Å². The molecule has 0 spiro atoms. The monoisotopic (exact) mass is 370 g/mol. The van der Waals surface area contributed by atoms with Crippen LogP contribution in [0, 0.1) is 11.8 Å². The van der Waals surface area contributed by atoms with Crippen molar-refractivity contribution in [1.29, 1.82) is 0 Å². The van der Waals surface area contributed by atoms with E-state index in [-0.39, 0.29) is 11.6 Å². The second-order valence-corrected chi connectivity index (χ2v) is 9.42. The fourth-order valence-corrected chi connectivity index (χ4v) is 5.71. The van der Waals surface area contributed by atoms with Crippen molar-refractivity contribution in [3.05, 3.63) is 29.3 Å². The van der Waals surface area contributed by atoms with Crippen LogP contribution in [-0.4, -0.2) is 54.8 Å². The molecular formula is C22H34N4O. The third-order valence-corrected chi connectivity index (χ3v) is 7.52. The lowest BCUT2D eigenvalue weighted by Gasteiger charge is -2.55. The largest absolute Gasteiger partial charge is 0.508 e. The van der Waals surface area contributed by atoms with Crippen LogP contribution in [0.5, 0.6) is 5.75 Å². The van der Waals surface area contributed by atoms with Crippen LogP contribution in [0.2, 0.25) is 0 Å². The predicted octanol–water partition coefficient (Wildman–Crippen LogP) is 1.54. The Hall–Kier alpha value is -1.14. The molecule has 27 heavy (non-hydrogen) atoms. The summed E-state index contributed by atoms with van der Waals surface area (Å²) in [7, 11) is 0. The third-order valence-electron chi connectivity index (χ3n) is 7.52. The molecule has 5 nitrogen and oxygen atoms in total. The minimum absolute atomic E-state index is 0.272. The third kappa shape index (κ3) is 3.39. The van der Waals surface area contributed by atoms with Gasteiger partial charge in [0.2, 0.25) is 0 Å². The van der Waals surface area contributed by atoms with Crippen molar-refractivity contribution in [1.82, 2.24) is 15.5 Å². The number of hydrogen-bond acceptors (Lipinski definition) is 5. The van der Waals surface area contributed by atoms with Crippen LogP contribution < -0.4 is 16.4 Å². The molecule has 148 valence electrons. The van der Waals surface area contributed by atoms with Gasteiger partial charge < -0.3 is 21.5 Å². The number of aromatic hydroxyl groups is 1. The molecule has 5 heteroatoms. The summed E-state index contributed by atoms with van der Waals surface area (Å²) in [4.78, 5) is 2.72. The molecule has 0 radical (unpaired) electrons. The molecule has 5 rings (SSSR count). The number of piperidine rings is 2. The topological polar surface area (TPSA) is 73.5 Å². The predicted molar refractivity (Wildman–Crippen MR) is 108 cm³/mol. The smallest absolute Gasteiger partial charge is 0.115 e. The van der Waals surface area contributed by atoms with Crippen molar-refractivity contribution in [3.8, 4) is 5.75 Å². The summed E-state index contributed by atoms with van der Waals surface area (Å²) in [5, 5.41) is 17.5. The molecule has 1 aromatic carbocycles. The molecule has 0 aromatic heterocycles. The first-order valence-electron chi connectivity index (χ1n) is 10.9. The zero-order valence-corrected chi connectivity index (χ0v) is 16.3. The van der Waals surface area contributed by atoms with Crippen molar-refractivity contribution in [2.75, 3.05) is 32.7 Å². The summed E-state index contributed by atoms with van der Waals surface area (Å²) in [6.07, 6.45) is 7.32. The molecule has 3 atom stereocenters. The van der Waals surface area contributed by atoms with Crippen molar-refractivity contribution < 1.29 is 5.11 Å². The summed E-state index contributed by atoms with van der Waals surface area (Å²) in [6, 6.07) is 6.60. The molecule has 2 heterocycles. The van der Waals surface area contributed by atoms with E-state index in [0.717, 1.165) is 50.9 Å². The number of hydrogen-bond donors (Lipinski definition) is 4. The second-order valence-electron chi connectivity index (χ2n) is 9.42. The van der Waals surface area contributed by atoms with Gasteiger partial charge in [0.05, 0.1) is 5.54 Å². The highest BCUT2D eigenvalue weighted by atomic mass is 16.3. The molecule has 2 aliphatic heterocycles. The quantitative estimate of drug-likeness (QED) is 0.633. The Bertz CT molecular complexity index is 685. The number of fused-ring (bicyclic) bond motifs is 4. The molecule has 0 amide bonds. The van der Waals surface area contributed by atoms with Gasteiger partial charge in [-0.15, -0.1) is 0 Å². The number of likely N-dealkylation sites (tertiary alicyclic amines) is 1. The Balaban J connectivity index is 1.42. The summed E-state index contributed by atoms with van der Waals surface area (Å²) in [6.45, 7) is 5.66. The van der Waals surface area contributed by atoms with E-state index < -0.39 is 0 Å². The van der Waals surface area contributed by atoms with E-state index in [1.54, 1.807) is 0 Å². The van der Waals surface area contributed by atoms with Gasteiger partial charge in [0.15, 0.2) is 0 Å². The second kappa shape index (κ2) is 7.03. The van der Waals surface area contributed by atoms with Crippen molar-refractivity contribution in [2.45, 2.75) is 56.1 Å². The summed E-state index contributed by atoms with van der Waals surface area (Å²) < 4.78 is 0. The maximum absolute atomic E-state index is 10.1. The molecule has 3 fully saturated rings. The molecule has 4 aliphatic rings. The first-order chi connectivity index (χ1) is 13.1. The van der Waals surface area contributed by atoms with E-state index in [4.69, 9.17) is 5.73 Å². The Labute approximate surface area is 162 Å². The Morgan fingerprint density at radius 3 is 2.78 bits per heavy atom. The van der Waals surface area contributed by atoms with Crippen molar-refractivity contribution >= 4 is 0 Å². The number of benzene rings is 1. The minimum atomic E-state index is -0.371. The van der Waals surface area contributed by atoms with Crippen LogP contribution in [0.1, 0.15) is 43.2 Å². The van der Waals surface area contributed by atoms with Gasteiger partial charge in [0, 0.05) is 25.2 Å². The molecular weight excluding hydrogens is 336 g/mol. The van der Waals surface area contributed by atoms with Crippen molar-refractivity contribution in [3.63, 3.8) is 0 Å². The molecule has 2 aliphatic carbocycles. The lowest BCUT2D eigenvalue weighted by molar-refractivity contribution is 0.0351. The van der Waals surface area contributed by atoms with Gasteiger partial charge in [-0.25, -0.2) is 0 Å². The number of nitrogens with one attached hydrogen (secondary N) is 2. The molecule has 2 saturated heterocycles. The highest BCUT2D eigenvalue weighted by molar-refractivity contribution is 5.45. The fraction of sp³-hybridized carbons (Fsp3) is 0.727. The van der Waals surface area contributed by atoms with Crippen LogP contribution in [0.15, 0.2) is 18.2 Å². The average Bonchev–Trinajstić information content (AvgIpc) is 3.49. The zero-order valence-electron chi connectivity index (χ0n) is 16.3. The van der Waals surface area contributed by atoms with Gasteiger partial charge in [-0.1, -0.05) is 6.07 Å². The maximum atomic E-state index is 10.1. The van der Waals surface area contributed by atoms with E-state index in [1.807, 2.05) is 12.1 Å². The van der Waals surface area contributed by atoms with E-state index in [9.17, 15) is 5.11 Å². The van der Waals surface area contributed by atoms with Gasteiger partial charge >= 0.3 is 0 Å². The van der Waals surface area contributed by atoms with E-state index in [0.29, 0.717) is 11.8 Å². The number of phenolic OH excluding ortho intramolecular Hbond substituents is 1. The molecule has 1 saturated carbocycles. The number of nitrogens with two attached hydrogens (primary N) is 1. The van der Waals surface area contributed by atoms with Crippen LogP contribution in [0.4, 0.5) is 0 Å². The Morgan fingerprint density at radius 2 is 2.00 bits per heavy atom. The van der Waals surface area contributed by atoms with Crippen LogP contribution in [0.25, 0.3) is 0 Å². The van der Waals surface area contributed by atoms with Crippen LogP contribution in [-0.2, 0) is 12.0 Å². The summed E-state index contributed by atoms with van der Waals surface area (Å²) in [5.41, 5.74) is 9.27. The number of nitrogens with zero attached hydrogens (tertiary/aromatic N) is 1. The molecule has 2 bridgehead atoms. The summed E-state index contributed by atoms with van der Waals surface area (Å²) in [5.74, 6) is 1.99. The average molecular weight is 371 g/mol. The number of phenols is 1.